The van der Waals surface area contributed by atoms with Gasteiger partial charge in [-0.25, -0.2) is 4.98 Å². The Labute approximate surface area is 69.3 Å². The summed E-state index contributed by atoms with van der Waals surface area (Å²) in [6.45, 7) is 3.42. The van der Waals surface area contributed by atoms with Crippen LogP contribution in [0.4, 0.5) is 0 Å². The zero-order valence-corrected chi connectivity index (χ0v) is 7.14. The summed E-state index contributed by atoms with van der Waals surface area (Å²) < 4.78 is 3.94. The predicted molar refractivity (Wildman–Crippen MR) is 43.2 cm³/mol. The summed E-state index contributed by atoms with van der Waals surface area (Å²) in [7, 11) is 0. The second-order valence-corrected chi connectivity index (χ2v) is 2.84. The van der Waals surface area contributed by atoms with Gasteiger partial charge in [0.1, 0.15) is 11.9 Å². The quantitative estimate of drug-likeness (QED) is 0.576. The number of aromatic nitrogens is 2. The lowest BCUT2D eigenvalue weighted by Crippen LogP contribution is -1.92. The first kappa shape index (κ1) is 8.18. The topological polar surface area (TPSA) is 46.0 Å². The van der Waals surface area contributed by atoms with E-state index < -0.39 is 6.10 Å². The fourth-order valence-corrected chi connectivity index (χ4v) is 1.05. The van der Waals surface area contributed by atoms with Gasteiger partial charge in [0.05, 0.1) is 0 Å². The third-order valence-corrected chi connectivity index (χ3v) is 1.64. The summed E-state index contributed by atoms with van der Waals surface area (Å²) in [6, 6.07) is 0. The molecule has 0 aliphatic carbocycles. The van der Waals surface area contributed by atoms with Gasteiger partial charge in [0.15, 0.2) is 5.01 Å². The molecule has 0 saturated carbocycles. The van der Waals surface area contributed by atoms with Crippen molar-refractivity contribution in [1.29, 1.82) is 0 Å². The zero-order chi connectivity index (χ0) is 8.27. The summed E-state index contributed by atoms with van der Waals surface area (Å²) in [5.41, 5.74) is 0. The minimum atomic E-state index is -0.598. The van der Waals surface area contributed by atoms with E-state index in [1.165, 1.54) is 11.5 Å². The van der Waals surface area contributed by atoms with Crippen molar-refractivity contribution in [2.75, 3.05) is 0 Å². The van der Waals surface area contributed by atoms with E-state index in [-0.39, 0.29) is 0 Å². The molecule has 0 aromatic carbocycles. The van der Waals surface area contributed by atoms with E-state index >= 15 is 0 Å². The SMILES string of the molecule is Cc1nsc(C#C[C@@H](C)O)n1. The molecule has 0 amide bonds. The first-order valence-corrected chi connectivity index (χ1v) is 3.96. The van der Waals surface area contributed by atoms with Gasteiger partial charge in [-0.2, -0.15) is 4.37 Å². The van der Waals surface area contributed by atoms with E-state index in [1.54, 1.807) is 6.92 Å². The smallest absolute Gasteiger partial charge is 0.186 e. The number of hydrogen-bond acceptors (Lipinski definition) is 4. The van der Waals surface area contributed by atoms with Crippen molar-refractivity contribution in [3.05, 3.63) is 10.8 Å². The molecule has 0 bridgehead atoms. The maximum atomic E-state index is 8.80. The molecule has 1 aromatic rings. The van der Waals surface area contributed by atoms with Crippen LogP contribution in [-0.4, -0.2) is 20.6 Å². The lowest BCUT2D eigenvalue weighted by Gasteiger charge is -1.84. The normalized spacial score (nSPS) is 11.9. The first-order valence-electron chi connectivity index (χ1n) is 3.18. The van der Waals surface area contributed by atoms with Gasteiger partial charge in [-0.05, 0) is 31.3 Å². The minimum Gasteiger partial charge on any atom is -0.381 e. The largest absolute Gasteiger partial charge is 0.381 e. The molecule has 11 heavy (non-hydrogen) atoms. The van der Waals surface area contributed by atoms with Gasteiger partial charge in [0.25, 0.3) is 0 Å². The van der Waals surface area contributed by atoms with Crippen LogP contribution in [0.3, 0.4) is 0 Å². The predicted octanol–water partition coefficient (Wildman–Crippen LogP) is 0.579. The van der Waals surface area contributed by atoms with Gasteiger partial charge in [-0.1, -0.05) is 5.92 Å². The molecule has 4 heteroatoms. The van der Waals surface area contributed by atoms with Crippen molar-refractivity contribution in [2.45, 2.75) is 20.0 Å². The molecule has 0 fully saturated rings. The molecule has 1 heterocycles. The highest BCUT2D eigenvalue weighted by Crippen LogP contribution is 2.00. The molecule has 1 aromatic heterocycles. The Hall–Kier alpha value is -0.920. The van der Waals surface area contributed by atoms with Gasteiger partial charge < -0.3 is 5.11 Å². The Kier molecular flexibility index (Phi) is 2.58. The molecule has 0 spiro atoms. The highest BCUT2D eigenvalue weighted by molar-refractivity contribution is 7.06. The Balaban J connectivity index is 2.74. The fraction of sp³-hybridized carbons (Fsp3) is 0.429. The molecular formula is C7H8N2OS. The third-order valence-electron chi connectivity index (χ3n) is 0.916. The first-order chi connectivity index (χ1) is 5.18. The van der Waals surface area contributed by atoms with Crippen LogP contribution in [0.2, 0.25) is 0 Å². The van der Waals surface area contributed by atoms with Crippen molar-refractivity contribution in [3.8, 4) is 11.8 Å². The molecule has 0 unspecified atom stereocenters. The maximum absolute atomic E-state index is 8.80. The van der Waals surface area contributed by atoms with Gasteiger partial charge in [0.2, 0.25) is 0 Å². The van der Waals surface area contributed by atoms with E-state index in [1.807, 2.05) is 6.92 Å². The monoisotopic (exact) mass is 168 g/mol. The Bertz CT molecular complexity index is 295. The molecule has 0 aliphatic rings. The lowest BCUT2D eigenvalue weighted by atomic mass is 10.4. The van der Waals surface area contributed by atoms with Crippen LogP contribution >= 0.6 is 11.5 Å². The second-order valence-electron chi connectivity index (χ2n) is 2.09. The van der Waals surface area contributed by atoms with Crippen LogP contribution in [0.25, 0.3) is 0 Å². The Morgan fingerprint density at radius 2 is 2.36 bits per heavy atom. The van der Waals surface area contributed by atoms with Crippen LogP contribution in [0.5, 0.6) is 0 Å². The van der Waals surface area contributed by atoms with Crippen LogP contribution in [0.1, 0.15) is 17.8 Å². The fourth-order valence-electron chi connectivity index (χ4n) is 0.514. The van der Waals surface area contributed by atoms with E-state index in [9.17, 15) is 0 Å². The van der Waals surface area contributed by atoms with E-state index in [0.29, 0.717) is 5.01 Å². The number of aryl methyl sites for hydroxylation is 1. The van der Waals surface area contributed by atoms with Gasteiger partial charge >= 0.3 is 0 Å². The van der Waals surface area contributed by atoms with Crippen molar-refractivity contribution in [2.24, 2.45) is 0 Å². The standard InChI is InChI=1S/C7H8N2OS/c1-5(10)3-4-7-8-6(2)9-11-7/h5,10H,1-2H3/t5-/m1/s1. The molecule has 0 saturated heterocycles. The molecule has 1 N–H and O–H groups in total. The Morgan fingerprint density at radius 1 is 1.64 bits per heavy atom. The van der Waals surface area contributed by atoms with Crippen LogP contribution < -0.4 is 0 Å². The zero-order valence-electron chi connectivity index (χ0n) is 6.33. The van der Waals surface area contributed by atoms with E-state index in [4.69, 9.17) is 5.11 Å². The number of aliphatic hydroxyl groups is 1. The van der Waals surface area contributed by atoms with Crippen LogP contribution in [-0.2, 0) is 0 Å². The highest BCUT2D eigenvalue weighted by atomic mass is 32.1. The van der Waals surface area contributed by atoms with Gasteiger partial charge in [0, 0.05) is 0 Å². The van der Waals surface area contributed by atoms with Crippen LogP contribution in [0.15, 0.2) is 0 Å². The second kappa shape index (κ2) is 3.46. The molecule has 0 aliphatic heterocycles. The summed E-state index contributed by atoms with van der Waals surface area (Å²) in [6.07, 6.45) is -0.598. The van der Waals surface area contributed by atoms with E-state index in [0.717, 1.165) is 5.82 Å². The number of hydrogen-bond donors (Lipinski definition) is 1. The number of rotatable bonds is 0. The summed E-state index contributed by atoms with van der Waals surface area (Å²) in [5.74, 6) is 6.03. The summed E-state index contributed by atoms with van der Waals surface area (Å²) >= 11 is 1.25. The van der Waals surface area contributed by atoms with Gasteiger partial charge in [-0.3, -0.25) is 0 Å². The van der Waals surface area contributed by atoms with E-state index in [2.05, 4.69) is 21.2 Å². The number of aliphatic hydroxyl groups excluding tert-OH is 1. The maximum Gasteiger partial charge on any atom is 0.186 e. The van der Waals surface area contributed by atoms with Crippen molar-refractivity contribution in [1.82, 2.24) is 9.36 Å². The molecule has 1 rings (SSSR count). The minimum absolute atomic E-state index is 0.598. The molecule has 3 nitrogen and oxygen atoms in total. The number of nitrogens with zero attached hydrogens (tertiary/aromatic N) is 2. The van der Waals surface area contributed by atoms with Crippen molar-refractivity contribution >= 4 is 11.5 Å². The van der Waals surface area contributed by atoms with Crippen molar-refractivity contribution < 1.29 is 5.11 Å². The average Bonchev–Trinajstić information content (AvgIpc) is 2.31. The summed E-state index contributed by atoms with van der Waals surface area (Å²) in [5, 5.41) is 9.46. The third kappa shape index (κ3) is 2.66. The average molecular weight is 168 g/mol. The van der Waals surface area contributed by atoms with Crippen LogP contribution in [0, 0.1) is 18.8 Å². The Morgan fingerprint density at radius 3 is 2.82 bits per heavy atom. The van der Waals surface area contributed by atoms with Crippen molar-refractivity contribution in [3.63, 3.8) is 0 Å². The molecule has 0 radical (unpaired) electrons. The molecular weight excluding hydrogens is 160 g/mol. The highest BCUT2D eigenvalue weighted by Gasteiger charge is 1.94. The lowest BCUT2D eigenvalue weighted by molar-refractivity contribution is 0.253. The molecule has 1 atom stereocenters. The van der Waals surface area contributed by atoms with Gasteiger partial charge in [-0.15, -0.1) is 0 Å². The summed E-state index contributed by atoms with van der Waals surface area (Å²) in [4.78, 5) is 4.01. The molecule has 58 valence electrons.